The summed E-state index contributed by atoms with van der Waals surface area (Å²) in [6.07, 6.45) is 3.55. The molecule has 0 heterocycles. The van der Waals surface area contributed by atoms with Gasteiger partial charge in [-0.25, -0.2) is 13.4 Å². The molecule has 130 valence electrons. The first-order valence-corrected chi connectivity index (χ1v) is 10.2. The van der Waals surface area contributed by atoms with Crippen LogP contribution in [0.1, 0.15) is 0 Å². The van der Waals surface area contributed by atoms with Crippen LogP contribution in [0, 0.1) is 11.5 Å². The Morgan fingerprint density at radius 3 is 2.40 bits per heavy atom. The molecule has 6 nitrogen and oxygen atoms in total. The molecule has 0 spiro atoms. The van der Waals surface area contributed by atoms with Crippen LogP contribution < -0.4 is 10.0 Å². The lowest BCUT2D eigenvalue weighted by Gasteiger charge is -2.09. The maximum Gasteiger partial charge on any atom is 0.261 e. The van der Waals surface area contributed by atoms with E-state index < -0.39 is 10.0 Å². The third-order valence-corrected chi connectivity index (χ3v) is 5.62. The van der Waals surface area contributed by atoms with E-state index in [1.54, 1.807) is 24.6 Å². The van der Waals surface area contributed by atoms with Gasteiger partial charge in [-0.2, -0.15) is 5.26 Å². The van der Waals surface area contributed by atoms with E-state index in [0.717, 1.165) is 0 Å². The molecule has 0 aliphatic heterocycles. The Kier molecular flexibility index (Phi) is 6.56. The molecule has 2 aromatic rings. The summed E-state index contributed by atoms with van der Waals surface area (Å²) >= 11 is 13.0. The molecular weight excluding hydrogens is 403 g/mol. The van der Waals surface area contributed by atoms with Crippen LogP contribution in [0.25, 0.3) is 0 Å². The van der Waals surface area contributed by atoms with Crippen molar-refractivity contribution in [3.63, 3.8) is 0 Å². The summed E-state index contributed by atoms with van der Waals surface area (Å²) in [5.74, 6) is 0. The van der Waals surface area contributed by atoms with Gasteiger partial charge in [-0.1, -0.05) is 35.0 Å². The number of nitrogens with zero attached hydrogens (tertiary/aromatic N) is 2. The maximum absolute atomic E-state index is 12.4. The Bertz CT molecular complexity index is 939. The fraction of sp³-hybridized carbons (Fsp3) is 0.0667. The lowest BCUT2D eigenvalue weighted by molar-refractivity contribution is 0.601. The number of benzene rings is 2. The molecule has 0 bridgehead atoms. The van der Waals surface area contributed by atoms with Crippen molar-refractivity contribution in [2.45, 2.75) is 4.90 Å². The molecule has 0 radical (unpaired) electrons. The summed E-state index contributed by atoms with van der Waals surface area (Å²) in [6, 6.07) is 10.4. The average Bonchev–Trinajstić information content (AvgIpc) is 2.58. The minimum absolute atomic E-state index is 0.0662. The highest BCUT2D eigenvalue weighted by atomic mass is 35.5. The second-order valence-electron chi connectivity index (χ2n) is 4.59. The summed E-state index contributed by atoms with van der Waals surface area (Å²) in [5.41, 5.74) is 0.819. The lowest BCUT2D eigenvalue weighted by atomic mass is 10.3. The second-order valence-corrected chi connectivity index (χ2v) is 7.88. The van der Waals surface area contributed by atoms with E-state index in [1.807, 2.05) is 0 Å². The van der Waals surface area contributed by atoms with Crippen molar-refractivity contribution in [1.29, 1.82) is 5.26 Å². The topological polar surface area (TPSA) is 94.3 Å². The molecule has 0 saturated carbocycles. The van der Waals surface area contributed by atoms with E-state index in [9.17, 15) is 8.42 Å². The van der Waals surface area contributed by atoms with Gasteiger partial charge in [0.25, 0.3) is 10.0 Å². The fourth-order valence-corrected chi connectivity index (χ4v) is 3.46. The van der Waals surface area contributed by atoms with E-state index >= 15 is 0 Å². The van der Waals surface area contributed by atoms with E-state index in [-0.39, 0.29) is 9.92 Å². The van der Waals surface area contributed by atoms with Gasteiger partial charge in [-0.15, -0.1) is 0 Å². The van der Waals surface area contributed by atoms with Crippen molar-refractivity contribution in [2.24, 2.45) is 4.99 Å². The average molecular weight is 415 g/mol. The van der Waals surface area contributed by atoms with E-state index in [1.165, 1.54) is 42.1 Å². The predicted octanol–water partition coefficient (Wildman–Crippen LogP) is 4.22. The number of halogens is 2. The highest BCUT2D eigenvalue weighted by Gasteiger charge is 2.14. The zero-order chi connectivity index (χ0) is 18.4. The van der Waals surface area contributed by atoms with Crippen molar-refractivity contribution in [3.05, 3.63) is 52.5 Å². The van der Waals surface area contributed by atoms with Gasteiger partial charge >= 0.3 is 0 Å². The molecule has 2 aromatic carbocycles. The minimum Gasteiger partial charge on any atom is -0.280 e. The van der Waals surface area contributed by atoms with Gasteiger partial charge < -0.3 is 0 Å². The molecule has 0 aliphatic rings. The number of amidine groups is 1. The fourth-order valence-electron chi connectivity index (χ4n) is 1.76. The molecule has 0 atom stereocenters. The number of hydrogen-bond acceptors (Lipinski definition) is 5. The summed E-state index contributed by atoms with van der Waals surface area (Å²) in [7, 11) is -3.78. The number of aliphatic imine (C=N–C) groups is 1. The van der Waals surface area contributed by atoms with Gasteiger partial charge in [0.1, 0.15) is 0 Å². The number of nitrogens with one attached hydrogen (secondary N) is 2. The molecule has 25 heavy (non-hydrogen) atoms. The van der Waals surface area contributed by atoms with Crippen LogP contribution in [-0.4, -0.2) is 19.8 Å². The van der Waals surface area contributed by atoms with Crippen LogP contribution in [-0.2, 0) is 10.0 Å². The van der Waals surface area contributed by atoms with Gasteiger partial charge in [0.15, 0.2) is 11.4 Å². The van der Waals surface area contributed by atoms with Crippen LogP contribution >= 0.6 is 35.0 Å². The number of thioether (sulfide) groups is 1. The van der Waals surface area contributed by atoms with Crippen LogP contribution in [0.5, 0.6) is 0 Å². The minimum atomic E-state index is -3.78. The first kappa shape index (κ1) is 19.4. The molecular formula is C15H12Cl2N4O2S2. The largest absolute Gasteiger partial charge is 0.280 e. The monoisotopic (exact) mass is 414 g/mol. The van der Waals surface area contributed by atoms with Crippen molar-refractivity contribution >= 4 is 61.5 Å². The second kappa shape index (κ2) is 8.45. The van der Waals surface area contributed by atoms with Gasteiger partial charge in [0, 0.05) is 0 Å². The van der Waals surface area contributed by atoms with Crippen molar-refractivity contribution < 1.29 is 8.42 Å². The summed E-state index contributed by atoms with van der Waals surface area (Å²) < 4.78 is 27.2. The molecule has 2 rings (SSSR count). The normalized spacial score (nSPS) is 11.7. The van der Waals surface area contributed by atoms with Gasteiger partial charge in [-0.3, -0.25) is 10.0 Å². The molecule has 2 N–H and O–H groups in total. The molecule has 0 aromatic heterocycles. The van der Waals surface area contributed by atoms with Gasteiger partial charge in [0.05, 0.1) is 26.3 Å². The summed E-state index contributed by atoms with van der Waals surface area (Å²) in [5, 5.41) is 12.0. The highest BCUT2D eigenvalue weighted by molar-refractivity contribution is 8.13. The summed E-state index contributed by atoms with van der Waals surface area (Å²) in [6.45, 7) is 0. The Labute approximate surface area is 159 Å². The van der Waals surface area contributed by atoms with Crippen molar-refractivity contribution in [1.82, 2.24) is 5.32 Å². The third kappa shape index (κ3) is 5.28. The van der Waals surface area contributed by atoms with Crippen LogP contribution in [0.4, 0.5) is 11.4 Å². The van der Waals surface area contributed by atoms with Crippen LogP contribution in [0.15, 0.2) is 52.4 Å². The van der Waals surface area contributed by atoms with Crippen LogP contribution in [0.3, 0.4) is 0 Å². The first-order valence-electron chi connectivity index (χ1n) is 6.71. The quantitative estimate of drug-likeness (QED) is 0.338. The van der Waals surface area contributed by atoms with E-state index in [4.69, 9.17) is 28.5 Å². The Morgan fingerprint density at radius 2 is 1.84 bits per heavy atom. The number of hydrogen-bond donors (Lipinski definition) is 2. The SMILES string of the molecule is CSC(=Nc1ccc(S(=O)(=O)Nc2ccc(Cl)c(Cl)c2)cc1)NC#N. The van der Waals surface area contributed by atoms with Gasteiger partial charge in [-0.05, 0) is 48.7 Å². The third-order valence-electron chi connectivity index (χ3n) is 2.91. The zero-order valence-corrected chi connectivity index (χ0v) is 16.0. The number of sulfonamides is 1. The summed E-state index contributed by atoms with van der Waals surface area (Å²) in [4.78, 5) is 4.26. The molecule has 0 saturated heterocycles. The molecule has 0 unspecified atom stereocenters. The Balaban J connectivity index is 2.22. The molecule has 0 aliphatic carbocycles. The molecule has 10 heteroatoms. The number of nitriles is 1. The Morgan fingerprint density at radius 1 is 1.16 bits per heavy atom. The van der Waals surface area contributed by atoms with E-state index in [0.29, 0.717) is 21.6 Å². The lowest BCUT2D eigenvalue weighted by Crippen LogP contribution is -2.13. The Hall–Kier alpha value is -1.92. The molecule has 0 fully saturated rings. The van der Waals surface area contributed by atoms with E-state index in [2.05, 4.69) is 15.0 Å². The molecule has 0 amide bonds. The smallest absolute Gasteiger partial charge is 0.261 e. The number of rotatable bonds is 4. The van der Waals surface area contributed by atoms with Crippen LogP contribution in [0.2, 0.25) is 10.0 Å². The standard InChI is InChI=1S/C15H12Cl2N4O2S2/c1-24-15(19-9-18)20-10-2-5-12(6-3-10)25(22,23)21-11-4-7-13(16)14(17)8-11/h2-8,21H,1H3,(H,19,20). The first-order chi connectivity index (χ1) is 11.9. The zero-order valence-electron chi connectivity index (χ0n) is 12.8. The maximum atomic E-state index is 12.4. The van der Waals surface area contributed by atoms with Gasteiger partial charge in [0.2, 0.25) is 0 Å². The number of anilines is 1. The predicted molar refractivity (Wildman–Crippen MR) is 103 cm³/mol. The van der Waals surface area contributed by atoms with Crippen molar-refractivity contribution in [3.8, 4) is 6.19 Å². The highest BCUT2D eigenvalue weighted by Crippen LogP contribution is 2.27. The van der Waals surface area contributed by atoms with Crippen molar-refractivity contribution in [2.75, 3.05) is 11.0 Å².